The first-order chi connectivity index (χ1) is 11.3. The van der Waals surface area contributed by atoms with Crippen LogP contribution >= 0.6 is 11.6 Å². The lowest BCUT2D eigenvalue weighted by Gasteiger charge is -2.10. The van der Waals surface area contributed by atoms with Crippen LogP contribution in [0.15, 0.2) is 42.5 Å². The summed E-state index contributed by atoms with van der Waals surface area (Å²) in [5.41, 5.74) is -0.151. The van der Waals surface area contributed by atoms with E-state index in [-0.39, 0.29) is 22.9 Å². The van der Waals surface area contributed by atoms with Gasteiger partial charge in [-0.05, 0) is 42.5 Å². The zero-order chi connectivity index (χ0) is 17.7. The second kappa shape index (κ2) is 7.23. The number of carbonyl (C=O) groups excluding carboxylic acids is 1. The molecule has 1 amide bonds. The Kier molecular flexibility index (Phi) is 5.31. The van der Waals surface area contributed by atoms with Crippen molar-refractivity contribution >= 4 is 23.2 Å². The molecule has 0 spiro atoms. The molecular formula is C16H10ClF3N2O2. The standard InChI is InChI=1S/C16H10ClF3N2O2/c17-14-7-12(4-1-10(14)8-21)22-15(23)9-24-13-5-2-11(3-6-13)16(18,19)20/h1-7H,9H2,(H,22,23). The van der Waals surface area contributed by atoms with Crippen molar-refractivity contribution in [3.8, 4) is 11.8 Å². The van der Waals surface area contributed by atoms with Crippen LogP contribution in [-0.4, -0.2) is 12.5 Å². The highest BCUT2D eigenvalue weighted by molar-refractivity contribution is 6.32. The van der Waals surface area contributed by atoms with Crippen LogP contribution in [0.1, 0.15) is 11.1 Å². The minimum Gasteiger partial charge on any atom is -0.484 e. The maximum atomic E-state index is 12.4. The summed E-state index contributed by atoms with van der Waals surface area (Å²) in [5, 5.41) is 11.5. The van der Waals surface area contributed by atoms with Crippen LogP contribution in [0.2, 0.25) is 5.02 Å². The molecule has 0 bridgehead atoms. The zero-order valence-electron chi connectivity index (χ0n) is 12.0. The first-order valence-electron chi connectivity index (χ1n) is 6.59. The Bertz CT molecular complexity index is 783. The van der Waals surface area contributed by atoms with Gasteiger partial charge in [-0.2, -0.15) is 18.4 Å². The summed E-state index contributed by atoms with van der Waals surface area (Å²) in [7, 11) is 0. The lowest BCUT2D eigenvalue weighted by atomic mass is 10.2. The van der Waals surface area contributed by atoms with E-state index in [2.05, 4.69) is 5.32 Å². The summed E-state index contributed by atoms with van der Waals surface area (Å²) >= 11 is 5.84. The van der Waals surface area contributed by atoms with Crippen LogP contribution in [-0.2, 0) is 11.0 Å². The van der Waals surface area contributed by atoms with Crippen molar-refractivity contribution in [2.24, 2.45) is 0 Å². The van der Waals surface area contributed by atoms with Gasteiger partial charge in [0.15, 0.2) is 6.61 Å². The number of nitrogens with one attached hydrogen (secondary N) is 1. The smallest absolute Gasteiger partial charge is 0.416 e. The number of hydrogen-bond acceptors (Lipinski definition) is 3. The molecule has 0 radical (unpaired) electrons. The summed E-state index contributed by atoms with van der Waals surface area (Å²) in [5.74, 6) is -0.383. The highest BCUT2D eigenvalue weighted by Crippen LogP contribution is 2.30. The second-order valence-corrected chi connectivity index (χ2v) is 5.07. The van der Waals surface area contributed by atoms with E-state index in [1.165, 1.54) is 18.2 Å². The first kappa shape index (κ1) is 17.6. The van der Waals surface area contributed by atoms with Gasteiger partial charge in [0.2, 0.25) is 0 Å². The van der Waals surface area contributed by atoms with Crippen LogP contribution in [0.5, 0.6) is 5.75 Å². The molecular weight excluding hydrogens is 345 g/mol. The van der Waals surface area contributed by atoms with Gasteiger partial charge in [-0.3, -0.25) is 4.79 Å². The third-order valence-electron chi connectivity index (χ3n) is 2.92. The fourth-order valence-corrected chi connectivity index (χ4v) is 1.99. The van der Waals surface area contributed by atoms with Gasteiger partial charge in [-0.15, -0.1) is 0 Å². The molecule has 0 saturated carbocycles. The van der Waals surface area contributed by atoms with Crippen LogP contribution in [0.25, 0.3) is 0 Å². The van der Waals surface area contributed by atoms with Gasteiger partial charge >= 0.3 is 6.18 Å². The molecule has 0 atom stereocenters. The quantitative estimate of drug-likeness (QED) is 0.892. The van der Waals surface area contributed by atoms with Crippen LogP contribution in [0.4, 0.5) is 18.9 Å². The largest absolute Gasteiger partial charge is 0.484 e. The number of ether oxygens (including phenoxy) is 1. The zero-order valence-corrected chi connectivity index (χ0v) is 12.8. The normalized spacial score (nSPS) is 10.8. The van der Waals surface area contributed by atoms with Crippen LogP contribution in [0, 0.1) is 11.3 Å². The lowest BCUT2D eigenvalue weighted by molar-refractivity contribution is -0.137. The van der Waals surface area contributed by atoms with Crippen molar-refractivity contribution in [3.63, 3.8) is 0 Å². The molecule has 0 heterocycles. The topological polar surface area (TPSA) is 62.1 Å². The lowest BCUT2D eigenvalue weighted by Crippen LogP contribution is -2.20. The molecule has 0 aromatic heterocycles. The average molecular weight is 355 g/mol. The van der Waals surface area contributed by atoms with Crippen LogP contribution in [0.3, 0.4) is 0 Å². The predicted octanol–water partition coefficient (Wildman–Crippen LogP) is 4.25. The van der Waals surface area contributed by atoms with E-state index in [9.17, 15) is 18.0 Å². The van der Waals surface area contributed by atoms with Gasteiger partial charge < -0.3 is 10.1 Å². The van der Waals surface area contributed by atoms with Gasteiger partial charge in [-0.1, -0.05) is 11.6 Å². The fraction of sp³-hybridized carbons (Fsp3) is 0.125. The molecule has 8 heteroatoms. The molecule has 24 heavy (non-hydrogen) atoms. The van der Waals surface area contributed by atoms with Crippen LogP contribution < -0.4 is 10.1 Å². The molecule has 2 rings (SSSR count). The fourth-order valence-electron chi connectivity index (χ4n) is 1.77. The number of amides is 1. The third-order valence-corrected chi connectivity index (χ3v) is 3.24. The Hall–Kier alpha value is -2.72. The van der Waals surface area contributed by atoms with E-state index < -0.39 is 17.6 Å². The van der Waals surface area contributed by atoms with Crippen molar-refractivity contribution in [3.05, 3.63) is 58.6 Å². The molecule has 0 aliphatic rings. The number of hydrogen-bond donors (Lipinski definition) is 1. The van der Waals surface area contributed by atoms with Crippen molar-refractivity contribution < 1.29 is 22.7 Å². The van der Waals surface area contributed by atoms with Gasteiger partial charge in [0.1, 0.15) is 11.8 Å². The molecule has 0 fully saturated rings. The maximum absolute atomic E-state index is 12.4. The number of nitrogens with zero attached hydrogens (tertiary/aromatic N) is 1. The molecule has 124 valence electrons. The number of rotatable bonds is 4. The molecule has 0 unspecified atom stereocenters. The Balaban J connectivity index is 1.91. The number of alkyl halides is 3. The van der Waals surface area contributed by atoms with Gasteiger partial charge in [-0.25, -0.2) is 0 Å². The maximum Gasteiger partial charge on any atom is 0.416 e. The van der Waals surface area contributed by atoms with Gasteiger partial charge in [0.05, 0.1) is 16.1 Å². The molecule has 0 saturated heterocycles. The van der Waals surface area contributed by atoms with E-state index in [0.717, 1.165) is 24.3 Å². The summed E-state index contributed by atoms with van der Waals surface area (Å²) in [6, 6.07) is 10.3. The minimum atomic E-state index is -4.43. The van der Waals surface area contributed by atoms with Crippen molar-refractivity contribution in [1.82, 2.24) is 0 Å². The number of nitriles is 1. The van der Waals surface area contributed by atoms with Crippen molar-refractivity contribution in [2.75, 3.05) is 11.9 Å². The second-order valence-electron chi connectivity index (χ2n) is 4.67. The Morgan fingerprint density at radius 3 is 2.42 bits per heavy atom. The summed E-state index contributed by atoms with van der Waals surface area (Å²) in [6.07, 6.45) is -4.43. The Morgan fingerprint density at radius 1 is 1.21 bits per heavy atom. The van der Waals surface area contributed by atoms with E-state index in [1.807, 2.05) is 6.07 Å². The highest BCUT2D eigenvalue weighted by atomic mass is 35.5. The summed E-state index contributed by atoms with van der Waals surface area (Å²) < 4.78 is 42.4. The molecule has 0 aliphatic heterocycles. The molecule has 2 aromatic rings. The third kappa shape index (κ3) is 4.64. The molecule has 0 aliphatic carbocycles. The number of halogens is 4. The van der Waals surface area contributed by atoms with E-state index >= 15 is 0 Å². The molecule has 2 aromatic carbocycles. The summed E-state index contributed by atoms with van der Waals surface area (Å²) in [6.45, 7) is -0.386. The number of benzene rings is 2. The number of carbonyl (C=O) groups is 1. The Labute approximate surface area is 140 Å². The minimum absolute atomic E-state index is 0.135. The highest BCUT2D eigenvalue weighted by Gasteiger charge is 2.30. The average Bonchev–Trinajstić information content (AvgIpc) is 2.53. The van der Waals surface area contributed by atoms with E-state index in [0.29, 0.717) is 5.69 Å². The SMILES string of the molecule is N#Cc1ccc(NC(=O)COc2ccc(C(F)(F)F)cc2)cc1Cl. The predicted molar refractivity (Wildman–Crippen MR) is 81.7 cm³/mol. The monoisotopic (exact) mass is 354 g/mol. The van der Waals surface area contributed by atoms with Crippen molar-refractivity contribution in [2.45, 2.75) is 6.18 Å². The molecule has 1 N–H and O–H groups in total. The molecule has 4 nitrogen and oxygen atoms in total. The first-order valence-corrected chi connectivity index (χ1v) is 6.97. The number of anilines is 1. The Morgan fingerprint density at radius 2 is 1.88 bits per heavy atom. The van der Waals surface area contributed by atoms with Crippen molar-refractivity contribution in [1.29, 1.82) is 5.26 Å². The van der Waals surface area contributed by atoms with Gasteiger partial charge in [0, 0.05) is 5.69 Å². The summed E-state index contributed by atoms with van der Waals surface area (Å²) in [4.78, 5) is 11.8. The van der Waals surface area contributed by atoms with Gasteiger partial charge in [0.25, 0.3) is 5.91 Å². The van der Waals surface area contributed by atoms with E-state index in [1.54, 1.807) is 0 Å². The van der Waals surface area contributed by atoms with E-state index in [4.69, 9.17) is 21.6 Å².